The van der Waals surface area contributed by atoms with Crippen molar-refractivity contribution in [2.75, 3.05) is 0 Å². The molecule has 70 valence electrons. The number of hydrogen-bond donors (Lipinski definition) is 0. The van der Waals surface area contributed by atoms with Crippen LogP contribution in [0.2, 0.25) is 0 Å². The zero-order valence-electron chi connectivity index (χ0n) is 8.72. The minimum absolute atomic E-state index is 0.850. The van der Waals surface area contributed by atoms with Gasteiger partial charge in [-0.05, 0) is 37.0 Å². The van der Waals surface area contributed by atoms with Gasteiger partial charge in [0.1, 0.15) is 0 Å². The van der Waals surface area contributed by atoms with Crippen molar-refractivity contribution in [3.8, 4) is 0 Å². The normalized spacial score (nSPS) is 26.2. The molecule has 0 aromatic rings. The molecule has 1 aliphatic carbocycles. The summed E-state index contributed by atoms with van der Waals surface area (Å²) in [7, 11) is 0. The van der Waals surface area contributed by atoms with Crippen LogP contribution >= 0.6 is 0 Å². The summed E-state index contributed by atoms with van der Waals surface area (Å²) in [5.41, 5.74) is 0. The molecule has 0 aromatic carbocycles. The summed E-state index contributed by atoms with van der Waals surface area (Å²) in [5, 5.41) is 0. The van der Waals surface area contributed by atoms with Gasteiger partial charge in [-0.25, -0.2) is 0 Å². The smallest absolute Gasteiger partial charge is 0.0203 e. The van der Waals surface area contributed by atoms with E-state index in [9.17, 15) is 0 Å². The van der Waals surface area contributed by atoms with Crippen LogP contribution in [-0.4, -0.2) is 0 Å². The second-order valence-corrected chi connectivity index (χ2v) is 4.34. The Labute approximate surface area is 77.1 Å². The van der Waals surface area contributed by atoms with Gasteiger partial charge in [0.15, 0.2) is 0 Å². The third kappa shape index (κ3) is 2.36. The SMILES string of the molecule is CCC(C(C)C)C1C=CCCC1. The first-order valence-corrected chi connectivity index (χ1v) is 5.42. The highest BCUT2D eigenvalue weighted by Crippen LogP contribution is 2.31. The Kier molecular flexibility index (Phi) is 3.84. The van der Waals surface area contributed by atoms with Crippen molar-refractivity contribution in [2.45, 2.75) is 46.5 Å². The van der Waals surface area contributed by atoms with E-state index in [1.807, 2.05) is 0 Å². The van der Waals surface area contributed by atoms with Crippen LogP contribution in [0.5, 0.6) is 0 Å². The molecule has 0 fully saturated rings. The number of rotatable bonds is 3. The second-order valence-electron chi connectivity index (χ2n) is 4.34. The third-order valence-corrected chi connectivity index (χ3v) is 3.17. The van der Waals surface area contributed by atoms with E-state index in [4.69, 9.17) is 0 Å². The van der Waals surface area contributed by atoms with Crippen LogP contribution in [0.25, 0.3) is 0 Å². The minimum Gasteiger partial charge on any atom is -0.0882 e. The standard InChI is InChI=1S/C12H22/c1-4-12(10(2)3)11-8-6-5-7-9-11/h6,8,10-12H,4-5,7,9H2,1-3H3. The summed E-state index contributed by atoms with van der Waals surface area (Å²) in [6.45, 7) is 7.04. The van der Waals surface area contributed by atoms with Gasteiger partial charge in [-0.3, -0.25) is 0 Å². The molecule has 0 heterocycles. The van der Waals surface area contributed by atoms with E-state index in [2.05, 4.69) is 32.9 Å². The molecular weight excluding hydrogens is 144 g/mol. The molecule has 1 rings (SSSR count). The van der Waals surface area contributed by atoms with Gasteiger partial charge in [0.25, 0.3) is 0 Å². The monoisotopic (exact) mass is 166 g/mol. The van der Waals surface area contributed by atoms with Gasteiger partial charge in [-0.2, -0.15) is 0 Å². The lowest BCUT2D eigenvalue weighted by Crippen LogP contribution is -2.19. The van der Waals surface area contributed by atoms with Crippen molar-refractivity contribution in [2.24, 2.45) is 17.8 Å². The van der Waals surface area contributed by atoms with Crippen molar-refractivity contribution in [3.63, 3.8) is 0 Å². The molecule has 0 radical (unpaired) electrons. The maximum Gasteiger partial charge on any atom is -0.0203 e. The summed E-state index contributed by atoms with van der Waals surface area (Å²) in [4.78, 5) is 0. The van der Waals surface area contributed by atoms with Gasteiger partial charge in [-0.15, -0.1) is 0 Å². The summed E-state index contributed by atoms with van der Waals surface area (Å²) in [6, 6.07) is 0. The predicted octanol–water partition coefficient (Wildman–Crippen LogP) is 4.02. The molecule has 0 amide bonds. The summed E-state index contributed by atoms with van der Waals surface area (Å²) in [5.74, 6) is 2.65. The Morgan fingerprint density at radius 2 is 2.17 bits per heavy atom. The highest BCUT2D eigenvalue weighted by atomic mass is 14.3. The Balaban J connectivity index is 2.52. The fourth-order valence-corrected chi connectivity index (χ4v) is 2.46. The molecule has 0 spiro atoms. The van der Waals surface area contributed by atoms with Crippen LogP contribution in [0.15, 0.2) is 12.2 Å². The molecule has 12 heavy (non-hydrogen) atoms. The van der Waals surface area contributed by atoms with E-state index in [0.717, 1.165) is 17.8 Å². The van der Waals surface area contributed by atoms with Gasteiger partial charge >= 0.3 is 0 Å². The fourth-order valence-electron chi connectivity index (χ4n) is 2.46. The molecule has 0 N–H and O–H groups in total. The molecule has 0 saturated carbocycles. The molecule has 2 atom stereocenters. The van der Waals surface area contributed by atoms with Gasteiger partial charge in [0.2, 0.25) is 0 Å². The zero-order chi connectivity index (χ0) is 8.97. The van der Waals surface area contributed by atoms with Crippen molar-refractivity contribution in [1.29, 1.82) is 0 Å². The van der Waals surface area contributed by atoms with E-state index in [-0.39, 0.29) is 0 Å². The molecule has 0 aromatic heterocycles. The maximum absolute atomic E-state index is 2.46. The number of allylic oxidation sites excluding steroid dienone is 2. The van der Waals surface area contributed by atoms with E-state index >= 15 is 0 Å². The summed E-state index contributed by atoms with van der Waals surface area (Å²) < 4.78 is 0. The molecular formula is C12H22. The Morgan fingerprint density at radius 3 is 2.58 bits per heavy atom. The topological polar surface area (TPSA) is 0 Å². The van der Waals surface area contributed by atoms with Crippen LogP contribution < -0.4 is 0 Å². The highest BCUT2D eigenvalue weighted by Gasteiger charge is 2.21. The maximum atomic E-state index is 2.46. The summed E-state index contributed by atoms with van der Waals surface area (Å²) >= 11 is 0. The minimum atomic E-state index is 0.850. The first kappa shape index (κ1) is 9.83. The predicted molar refractivity (Wildman–Crippen MR) is 55.1 cm³/mol. The molecule has 0 heteroatoms. The van der Waals surface area contributed by atoms with Gasteiger partial charge in [-0.1, -0.05) is 39.3 Å². The second kappa shape index (κ2) is 4.69. The lowest BCUT2D eigenvalue weighted by atomic mass is 9.77. The van der Waals surface area contributed by atoms with Crippen molar-refractivity contribution in [1.82, 2.24) is 0 Å². The third-order valence-electron chi connectivity index (χ3n) is 3.17. The average Bonchev–Trinajstić information content (AvgIpc) is 2.07. The van der Waals surface area contributed by atoms with Crippen LogP contribution in [0.4, 0.5) is 0 Å². The van der Waals surface area contributed by atoms with E-state index in [0.29, 0.717) is 0 Å². The van der Waals surface area contributed by atoms with Crippen molar-refractivity contribution < 1.29 is 0 Å². The average molecular weight is 166 g/mol. The van der Waals surface area contributed by atoms with Crippen LogP contribution in [0, 0.1) is 17.8 Å². The molecule has 0 bridgehead atoms. The quantitative estimate of drug-likeness (QED) is 0.555. The van der Waals surface area contributed by atoms with E-state index in [1.54, 1.807) is 0 Å². The largest absolute Gasteiger partial charge is 0.0882 e. The van der Waals surface area contributed by atoms with Crippen molar-refractivity contribution in [3.05, 3.63) is 12.2 Å². The fraction of sp³-hybridized carbons (Fsp3) is 0.833. The lowest BCUT2D eigenvalue weighted by molar-refractivity contribution is 0.266. The van der Waals surface area contributed by atoms with Crippen LogP contribution in [0.1, 0.15) is 46.5 Å². The van der Waals surface area contributed by atoms with Crippen LogP contribution in [0.3, 0.4) is 0 Å². The molecule has 2 unspecified atom stereocenters. The summed E-state index contributed by atoms with van der Waals surface area (Å²) in [6.07, 6.45) is 10.3. The molecule has 0 saturated heterocycles. The lowest BCUT2D eigenvalue weighted by Gasteiger charge is -2.28. The molecule has 0 aliphatic heterocycles. The highest BCUT2D eigenvalue weighted by molar-refractivity contribution is 4.96. The molecule has 0 nitrogen and oxygen atoms in total. The van der Waals surface area contributed by atoms with Crippen LogP contribution in [-0.2, 0) is 0 Å². The Bertz CT molecular complexity index is 144. The van der Waals surface area contributed by atoms with Crippen molar-refractivity contribution >= 4 is 0 Å². The van der Waals surface area contributed by atoms with E-state index < -0.39 is 0 Å². The zero-order valence-corrected chi connectivity index (χ0v) is 8.72. The Morgan fingerprint density at radius 1 is 1.42 bits per heavy atom. The van der Waals surface area contributed by atoms with Gasteiger partial charge < -0.3 is 0 Å². The van der Waals surface area contributed by atoms with Gasteiger partial charge in [0, 0.05) is 0 Å². The van der Waals surface area contributed by atoms with Gasteiger partial charge in [0.05, 0.1) is 0 Å². The Hall–Kier alpha value is -0.260. The number of hydrogen-bond acceptors (Lipinski definition) is 0. The van der Waals surface area contributed by atoms with E-state index in [1.165, 1.54) is 25.7 Å². The first-order valence-electron chi connectivity index (χ1n) is 5.42. The molecule has 1 aliphatic rings. The first-order chi connectivity index (χ1) is 5.75.